The van der Waals surface area contributed by atoms with E-state index in [1.54, 1.807) is 23.1 Å². The summed E-state index contributed by atoms with van der Waals surface area (Å²) in [4.78, 5) is 24.4. The summed E-state index contributed by atoms with van der Waals surface area (Å²) in [6.07, 6.45) is 1.62. The van der Waals surface area contributed by atoms with Gasteiger partial charge in [0.2, 0.25) is 0 Å². The van der Waals surface area contributed by atoms with Crippen LogP contribution in [-0.4, -0.2) is 49.1 Å². The third-order valence-electron chi connectivity index (χ3n) is 4.46. The fraction of sp³-hybridized carbons (Fsp3) is 0.400. The molecule has 0 saturated carbocycles. The summed E-state index contributed by atoms with van der Waals surface area (Å²) < 4.78 is 11.6. The van der Waals surface area contributed by atoms with Gasteiger partial charge in [0.05, 0.1) is 31.3 Å². The molecule has 0 fully saturated rings. The number of nitrogens with zero attached hydrogens (tertiary/aromatic N) is 3. The minimum Gasteiger partial charge on any atom is -0.711 e. The highest BCUT2D eigenvalue weighted by atomic mass is 16.6. The van der Waals surface area contributed by atoms with E-state index in [4.69, 9.17) is 9.47 Å². The number of rotatable bonds is 11. The topological polar surface area (TPSA) is 121 Å². The zero-order chi connectivity index (χ0) is 22.1. The van der Waals surface area contributed by atoms with E-state index in [1.165, 1.54) is 13.2 Å². The summed E-state index contributed by atoms with van der Waals surface area (Å²) in [6.45, 7) is 5.79. The smallest absolute Gasteiger partial charge is 0.284 e. The van der Waals surface area contributed by atoms with Gasteiger partial charge in [0.1, 0.15) is 12.3 Å². The molecule has 0 aliphatic carbocycles. The number of benzene rings is 1. The molecule has 0 unspecified atom stereocenters. The predicted molar refractivity (Wildman–Crippen MR) is 111 cm³/mol. The van der Waals surface area contributed by atoms with Crippen molar-refractivity contribution in [3.05, 3.63) is 57.4 Å². The molecule has 0 bridgehead atoms. The van der Waals surface area contributed by atoms with Gasteiger partial charge in [-0.05, 0) is 32.0 Å². The van der Waals surface area contributed by atoms with Crippen molar-refractivity contribution >= 4 is 17.4 Å². The first-order valence-electron chi connectivity index (χ1n) is 9.62. The highest BCUT2D eigenvalue weighted by Gasteiger charge is 2.16. The molecule has 162 valence electrons. The van der Waals surface area contributed by atoms with Gasteiger partial charge in [0.25, 0.3) is 17.4 Å². The lowest BCUT2D eigenvalue weighted by Crippen LogP contribution is -2.30. The van der Waals surface area contributed by atoms with E-state index < -0.39 is 4.92 Å². The molecule has 1 heterocycles. The summed E-state index contributed by atoms with van der Waals surface area (Å²) in [5.74, 6) is 0.984. The molecule has 10 nitrogen and oxygen atoms in total. The Bertz CT molecular complexity index is 886. The van der Waals surface area contributed by atoms with Crippen molar-refractivity contribution in [2.24, 2.45) is 0 Å². The van der Waals surface area contributed by atoms with Crippen LogP contribution in [0.2, 0.25) is 0 Å². The molecule has 2 rings (SSSR count). The van der Waals surface area contributed by atoms with E-state index in [0.29, 0.717) is 54.5 Å². The number of anilines is 1. The summed E-state index contributed by atoms with van der Waals surface area (Å²) in [7, 11) is 1.50. The average molecular weight is 418 g/mol. The Kier molecular flexibility index (Phi) is 8.21. The molecular formula is C20H26N4O6. The maximum Gasteiger partial charge on any atom is 0.284 e. The van der Waals surface area contributed by atoms with E-state index in [9.17, 15) is 20.1 Å². The van der Waals surface area contributed by atoms with Crippen LogP contribution < -0.4 is 19.5 Å². The number of methoxy groups -OCH3 is 1. The number of nitro groups is 1. The van der Waals surface area contributed by atoms with E-state index in [2.05, 4.69) is 5.32 Å². The maximum atomic E-state index is 12.5. The fourth-order valence-corrected chi connectivity index (χ4v) is 2.80. The number of hydrogen-bond acceptors (Lipinski definition) is 7. The van der Waals surface area contributed by atoms with Gasteiger partial charge in [-0.3, -0.25) is 20.2 Å². The SMILES string of the molecule is CCN(CC)C(=O)c1ccc(OCCCNc2cc([N+](=O)[O-])cc[n+]2[O-])c(OC)c1. The van der Waals surface area contributed by atoms with Gasteiger partial charge in [-0.1, -0.05) is 0 Å². The minimum atomic E-state index is -0.560. The van der Waals surface area contributed by atoms with E-state index in [0.717, 1.165) is 12.3 Å². The van der Waals surface area contributed by atoms with Crippen molar-refractivity contribution in [2.75, 3.05) is 38.7 Å². The highest BCUT2D eigenvalue weighted by Crippen LogP contribution is 2.28. The van der Waals surface area contributed by atoms with Gasteiger partial charge >= 0.3 is 0 Å². The van der Waals surface area contributed by atoms with Crippen molar-refractivity contribution in [1.29, 1.82) is 0 Å². The van der Waals surface area contributed by atoms with Crippen molar-refractivity contribution in [3.8, 4) is 11.5 Å². The van der Waals surface area contributed by atoms with Gasteiger partial charge in [-0.15, -0.1) is 0 Å². The first-order chi connectivity index (χ1) is 14.4. The standard InChI is InChI=1S/C20H26N4O6/c1-4-22(5-2)20(25)15-7-8-17(18(13-15)29-3)30-12-6-10-21-19-14-16(24(27)28)9-11-23(19)26/h7-9,11,13-14,21H,4-6,10,12H2,1-3H3. The molecule has 1 aromatic heterocycles. The number of nitrogens with one attached hydrogen (secondary N) is 1. The van der Waals surface area contributed by atoms with Crippen LogP contribution in [0.25, 0.3) is 0 Å². The Morgan fingerprint density at radius 1 is 1.20 bits per heavy atom. The number of ether oxygens (including phenoxy) is 2. The van der Waals surface area contributed by atoms with E-state index in [-0.39, 0.29) is 17.4 Å². The number of carbonyl (C=O) groups excluding carboxylic acids is 1. The molecule has 1 N–H and O–H groups in total. The van der Waals surface area contributed by atoms with E-state index >= 15 is 0 Å². The van der Waals surface area contributed by atoms with Gasteiger partial charge in [0.15, 0.2) is 11.5 Å². The normalized spacial score (nSPS) is 10.4. The molecule has 0 radical (unpaired) electrons. The average Bonchev–Trinajstić information content (AvgIpc) is 2.75. The highest BCUT2D eigenvalue weighted by molar-refractivity contribution is 5.94. The largest absolute Gasteiger partial charge is 0.711 e. The lowest BCUT2D eigenvalue weighted by atomic mass is 10.1. The zero-order valence-corrected chi connectivity index (χ0v) is 17.3. The molecule has 1 aromatic carbocycles. The maximum absolute atomic E-state index is 12.5. The van der Waals surface area contributed by atoms with Gasteiger partial charge in [0, 0.05) is 25.1 Å². The number of aromatic nitrogens is 1. The number of amides is 1. The molecule has 2 aromatic rings. The third kappa shape index (κ3) is 5.72. The van der Waals surface area contributed by atoms with Gasteiger partial charge < -0.3 is 19.6 Å². The lowest BCUT2D eigenvalue weighted by Gasteiger charge is -2.19. The third-order valence-corrected chi connectivity index (χ3v) is 4.46. The number of hydrogen-bond donors (Lipinski definition) is 1. The Labute approximate surface area is 174 Å². The summed E-state index contributed by atoms with van der Waals surface area (Å²) in [5, 5.41) is 25.4. The van der Waals surface area contributed by atoms with Gasteiger partial charge in [-0.25, -0.2) is 4.73 Å². The van der Waals surface area contributed by atoms with Gasteiger partial charge in [-0.2, -0.15) is 0 Å². The molecule has 0 saturated heterocycles. The quantitative estimate of drug-likeness (QED) is 0.196. The molecule has 30 heavy (non-hydrogen) atoms. The Morgan fingerprint density at radius 3 is 2.57 bits per heavy atom. The Morgan fingerprint density at radius 2 is 1.93 bits per heavy atom. The second-order valence-electron chi connectivity index (χ2n) is 6.32. The van der Waals surface area contributed by atoms with Crippen molar-refractivity contribution < 1.29 is 23.9 Å². The first kappa shape index (κ1) is 22.7. The monoisotopic (exact) mass is 418 g/mol. The van der Waals surface area contributed by atoms with Crippen molar-refractivity contribution in [1.82, 2.24) is 4.90 Å². The molecule has 0 aliphatic heterocycles. The summed E-state index contributed by atoms with van der Waals surface area (Å²) in [6, 6.07) is 7.36. The molecule has 1 amide bonds. The minimum absolute atomic E-state index is 0.0723. The fourth-order valence-electron chi connectivity index (χ4n) is 2.80. The predicted octanol–water partition coefficient (Wildman–Crippen LogP) is 2.60. The summed E-state index contributed by atoms with van der Waals surface area (Å²) in [5.41, 5.74) is 0.361. The second kappa shape index (κ2) is 10.8. The van der Waals surface area contributed by atoms with Crippen molar-refractivity contribution in [2.45, 2.75) is 20.3 Å². The Hall–Kier alpha value is -3.56. The van der Waals surface area contributed by atoms with Crippen LogP contribution in [0.1, 0.15) is 30.6 Å². The van der Waals surface area contributed by atoms with Crippen molar-refractivity contribution in [3.63, 3.8) is 0 Å². The molecule has 0 spiro atoms. The van der Waals surface area contributed by atoms with Crippen LogP contribution in [0.15, 0.2) is 36.5 Å². The van der Waals surface area contributed by atoms with Crippen LogP contribution in [0.5, 0.6) is 11.5 Å². The van der Waals surface area contributed by atoms with Crippen LogP contribution in [0.3, 0.4) is 0 Å². The molecule has 0 atom stereocenters. The number of carbonyl (C=O) groups is 1. The summed E-state index contributed by atoms with van der Waals surface area (Å²) >= 11 is 0. The Balaban J connectivity index is 1.91. The molecule has 10 heteroatoms. The van der Waals surface area contributed by atoms with E-state index in [1.807, 2.05) is 13.8 Å². The second-order valence-corrected chi connectivity index (χ2v) is 6.32. The van der Waals surface area contributed by atoms with Crippen LogP contribution in [0.4, 0.5) is 11.5 Å². The molecular weight excluding hydrogens is 392 g/mol. The first-order valence-corrected chi connectivity index (χ1v) is 9.62. The molecule has 0 aliphatic rings. The van der Waals surface area contributed by atoms with Crippen LogP contribution >= 0.6 is 0 Å². The van der Waals surface area contributed by atoms with Crippen LogP contribution in [-0.2, 0) is 0 Å². The lowest BCUT2D eigenvalue weighted by molar-refractivity contribution is -0.591. The van der Waals surface area contributed by atoms with Crippen LogP contribution in [0, 0.1) is 15.3 Å². The number of pyridine rings is 1. The zero-order valence-electron chi connectivity index (χ0n) is 17.3.